The van der Waals surface area contributed by atoms with Crippen LogP contribution in [-0.2, 0) is 9.53 Å². The van der Waals surface area contributed by atoms with Gasteiger partial charge in [-0.1, -0.05) is 0 Å². The number of hydrogen-bond donors (Lipinski definition) is 3. The summed E-state index contributed by atoms with van der Waals surface area (Å²) in [6.07, 6.45) is -0.145. The molecule has 2 aromatic rings. The van der Waals surface area contributed by atoms with Gasteiger partial charge in [0.1, 0.15) is 18.2 Å². The molecule has 4 N–H and O–H groups in total. The molecule has 3 rings (SSSR count). The Hall–Kier alpha value is -4.13. The third kappa shape index (κ3) is 6.72. The van der Waals surface area contributed by atoms with Gasteiger partial charge in [-0.05, 0) is 51.1 Å². The van der Waals surface area contributed by atoms with Crippen LogP contribution in [0.3, 0.4) is 0 Å². The number of piperazine rings is 1. The second kappa shape index (κ2) is 11.1. The molecule has 2 heterocycles. The summed E-state index contributed by atoms with van der Waals surface area (Å²) in [5.74, 6) is 0.233. The number of benzene rings is 1. The Balaban J connectivity index is 1.57. The standard InChI is InChI=1S/C23H30N6O7/c1-15(30)14-35-17-6-4-16(5-7-17)29-9-8-18(26-22(29)34)25-21(33)28-12-10-27(11-13-28)19(31)23(2,3)36-20(24)32/h4-9,15,30H,10-14H2,1-3H3,(H2,24,32)(H,25,26,33,34). The molecule has 1 unspecified atom stereocenters. The van der Waals surface area contributed by atoms with Crippen LogP contribution in [0.25, 0.3) is 5.69 Å². The summed E-state index contributed by atoms with van der Waals surface area (Å²) in [5.41, 5.74) is 3.59. The van der Waals surface area contributed by atoms with Crippen molar-refractivity contribution < 1.29 is 29.0 Å². The number of anilines is 1. The van der Waals surface area contributed by atoms with Crippen molar-refractivity contribution in [2.24, 2.45) is 5.73 Å². The molecule has 1 aromatic carbocycles. The van der Waals surface area contributed by atoms with Gasteiger partial charge in [0.05, 0.1) is 11.8 Å². The summed E-state index contributed by atoms with van der Waals surface area (Å²) in [5, 5.41) is 11.9. The van der Waals surface area contributed by atoms with Crippen molar-refractivity contribution >= 4 is 23.8 Å². The van der Waals surface area contributed by atoms with Gasteiger partial charge < -0.3 is 30.1 Å². The van der Waals surface area contributed by atoms with Crippen molar-refractivity contribution in [2.75, 3.05) is 38.1 Å². The highest BCUT2D eigenvalue weighted by Gasteiger charge is 2.37. The highest BCUT2D eigenvalue weighted by atomic mass is 16.6. The quantitative estimate of drug-likeness (QED) is 0.493. The molecule has 13 heteroatoms. The number of aliphatic hydroxyl groups is 1. The summed E-state index contributed by atoms with van der Waals surface area (Å²) in [7, 11) is 0. The zero-order valence-corrected chi connectivity index (χ0v) is 20.3. The van der Waals surface area contributed by atoms with E-state index < -0.39 is 35.4 Å². The van der Waals surface area contributed by atoms with Crippen molar-refractivity contribution in [3.05, 3.63) is 47.0 Å². The van der Waals surface area contributed by atoms with E-state index in [1.807, 2.05) is 0 Å². The molecule has 1 aliphatic heterocycles. The maximum Gasteiger partial charge on any atom is 0.405 e. The van der Waals surface area contributed by atoms with E-state index in [4.69, 9.17) is 15.2 Å². The number of nitrogens with one attached hydrogen (secondary N) is 1. The number of nitrogens with two attached hydrogens (primary N) is 1. The average Bonchev–Trinajstić information content (AvgIpc) is 2.82. The number of rotatable bonds is 7. The predicted molar refractivity (Wildman–Crippen MR) is 129 cm³/mol. The van der Waals surface area contributed by atoms with Gasteiger partial charge in [0.25, 0.3) is 5.91 Å². The van der Waals surface area contributed by atoms with Crippen molar-refractivity contribution in [1.29, 1.82) is 0 Å². The second-order valence-electron chi connectivity index (χ2n) is 8.76. The SMILES string of the molecule is CC(O)COc1ccc(-n2ccc(NC(=O)N3CCN(C(=O)C(C)(C)OC(N)=O)CC3)nc2=O)cc1. The molecule has 1 saturated heterocycles. The number of amides is 4. The topological polar surface area (TPSA) is 169 Å². The number of nitrogens with zero attached hydrogens (tertiary/aromatic N) is 4. The zero-order chi connectivity index (χ0) is 26.5. The summed E-state index contributed by atoms with van der Waals surface area (Å²) in [4.78, 5) is 55.7. The van der Waals surface area contributed by atoms with Crippen LogP contribution in [0.1, 0.15) is 20.8 Å². The fraction of sp³-hybridized carbons (Fsp3) is 0.435. The van der Waals surface area contributed by atoms with Gasteiger partial charge in [0.2, 0.25) is 0 Å². The number of aromatic nitrogens is 2. The number of ether oxygens (including phenoxy) is 2. The maximum atomic E-state index is 12.6. The molecule has 36 heavy (non-hydrogen) atoms. The van der Waals surface area contributed by atoms with Crippen molar-refractivity contribution in [3.8, 4) is 11.4 Å². The van der Waals surface area contributed by atoms with Gasteiger partial charge in [-0.3, -0.25) is 14.7 Å². The Kier molecular flexibility index (Phi) is 8.14. The van der Waals surface area contributed by atoms with E-state index >= 15 is 0 Å². The first kappa shape index (κ1) is 26.5. The van der Waals surface area contributed by atoms with Gasteiger partial charge in [-0.15, -0.1) is 0 Å². The Morgan fingerprint density at radius 1 is 1.11 bits per heavy atom. The maximum absolute atomic E-state index is 12.6. The smallest absolute Gasteiger partial charge is 0.405 e. The molecule has 1 aliphatic rings. The first-order chi connectivity index (χ1) is 17.0. The Bertz CT molecular complexity index is 1150. The number of urea groups is 1. The van der Waals surface area contributed by atoms with Gasteiger partial charge in [-0.25, -0.2) is 14.4 Å². The molecule has 0 saturated carbocycles. The van der Waals surface area contributed by atoms with E-state index in [9.17, 15) is 24.3 Å². The first-order valence-electron chi connectivity index (χ1n) is 11.3. The van der Waals surface area contributed by atoms with E-state index in [0.717, 1.165) is 0 Å². The normalized spacial score (nSPS) is 14.7. The Morgan fingerprint density at radius 2 is 1.72 bits per heavy atom. The lowest BCUT2D eigenvalue weighted by Gasteiger charge is -2.37. The summed E-state index contributed by atoms with van der Waals surface area (Å²) in [6.45, 7) is 5.64. The minimum atomic E-state index is -1.41. The highest BCUT2D eigenvalue weighted by molar-refractivity contribution is 5.89. The molecule has 13 nitrogen and oxygen atoms in total. The van der Waals surface area contributed by atoms with Crippen LogP contribution in [0.4, 0.5) is 15.4 Å². The Labute approximate surface area is 207 Å². The van der Waals surface area contributed by atoms with Gasteiger partial charge in [0.15, 0.2) is 5.60 Å². The summed E-state index contributed by atoms with van der Waals surface area (Å²) < 4.78 is 11.6. The minimum absolute atomic E-state index is 0.0904. The van der Waals surface area contributed by atoms with Crippen LogP contribution in [0.15, 0.2) is 41.3 Å². The monoisotopic (exact) mass is 502 g/mol. The largest absolute Gasteiger partial charge is 0.491 e. The fourth-order valence-electron chi connectivity index (χ4n) is 3.57. The summed E-state index contributed by atoms with van der Waals surface area (Å²) >= 11 is 0. The van der Waals surface area contributed by atoms with Crippen molar-refractivity contribution in [2.45, 2.75) is 32.5 Å². The number of aliphatic hydroxyl groups excluding tert-OH is 1. The van der Waals surface area contributed by atoms with Crippen LogP contribution in [0.2, 0.25) is 0 Å². The average molecular weight is 503 g/mol. The molecule has 1 fully saturated rings. The van der Waals surface area contributed by atoms with Gasteiger partial charge in [0, 0.05) is 32.4 Å². The van der Waals surface area contributed by atoms with E-state index in [0.29, 0.717) is 11.4 Å². The predicted octanol–water partition coefficient (Wildman–Crippen LogP) is 0.542. The molecular weight excluding hydrogens is 472 g/mol. The minimum Gasteiger partial charge on any atom is -0.491 e. The lowest BCUT2D eigenvalue weighted by molar-refractivity contribution is -0.149. The van der Waals surface area contributed by atoms with E-state index in [-0.39, 0.29) is 38.6 Å². The van der Waals surface area contributed by atoms with Crippen LogP contribution in [0, 0.1) is 0 Å². The molecule has 194 valence electrons. The van der Waals surface area contributed by atoms with Crippen molar-refractivity contribution in [3.63, 3.8) is 0 Å². The van der Waals surface area contributed by atoms with E-state index in [2.05, 4.69) is 10.3 Å². The molecule has 0 spiro atoms. The Morgan fingerprint density at radius 3 is 2.28 bits per heavy atom. The molecule has 0 radical (unpaired) electrons. The third-order valence-electron chi connectivity index (χ3n) is 5.37. The first-order valence-corrected chi connectivity index (χ1v) is 11.3. The zero-order valence-electron chi connectivity index (χ0n) is 20.3. The van der Waals surface area contributed by atoms with Crippen molar-refractivity contribution in [1.82, 2.24) is 19.4 Å². The van der Waals surface area contributed by atoms with Gasteiger partial charge in [-0.2, -0.15) is 4.98 Å². The van der Waals surface area contributed by atoms with Gasteiger partial charge >= 0.3 is 17.8 Å². The van der Waals surface area contributed by atoms with E-state index in [1.54, 1.807) is 31.2 Å². The van der Waals surface area contributed by atoms with Crippen LogP contribution >= 0.6 is 0 Å². The van der Waals surface area contributed by atoms with Crippen LogP contribution in [-0.4, -0.2) is 87.0 Å². The fourth-order valence-corrected chi connectivity index (χ4v) is 3.57. The lowest BCUT2D eigenvalue weighted by atomic mass is 10.1. The number of carbonyl (C=O) groups is 3. The summed E-state index contributed by atoms with van der Waals surface area (Å²) in [6, 6.07) is 7.74. The van der Waals surface area contributed by atoms with Crippen LogP contribution in [0.5, 0.6) is 5.75 Å². The lowest BCUT2D eigenvalue weighted by Crippen LogP contribution is -2.56. The molecule has 4 amide bonds. The highest BCUT2D eigenvalue weighted by Crippen LogP contribution is 2.17. The van der Waals surface area contributed by atoms with Crippen LogP contribution < -0.4 is 21.5 Å². The third-order valence-corrected chi connectivity index (χ3v) is 5.37. The molecule has 0 aliphatic carbocycles. The molecule has 1 aromatic heterocycles. The number of carbonyl (C=O) groups excluding carboxylic acids is 3. The number of primary amides is 1. The molecule has 0 bridgehead atoms. The molecular formula is C23H30N6O7. The molecule has 1 atom stereocenters. The second-order valence-corrected chi connectivity index (χ2v) is 8.76. The van der Waals surface area contributed by atoms with E-state index in [1.165, 1.54) is 40.5 Å². The number of hydrogen-bond acceptors (Lipinski definition) is 8.